The number of carbonyl (C=O) groups excluding carboxylic acids is 1. The number of rotatable bonds is 5. The number of furan rings is 2. The van der Waals surface area contributed by atoms with Gasteiger partial charge in [0, 0.05) is 12.6 Å². The molecule has 0 spiro atoms. The van der Waals surface area contributed by atoms with Gasteiger partial charge in [0.2, 0.25) is 0 Å². The van der Waals surface area contributed by atoms with Crippen LogP contribution in [-0.2, 0) is 4.79 Å². The fraction of sp³-hybridized carbons (Fsp3) is 0.167. The van der Waals surface area contributed by atoms with E-state index in [1.165, 1.54) is 5.01 Å². The molecule has 0 bridgehead atoms. The van der Waals surface area contributed by atoms with Gasteiger partial charge in [-0.2, -0.15) is 5.10 Å². The lowest BCUT2D eigenvalue weighted by Gasteiger charge is -2.20. The highest BCUT2D eigenvalue weighted by Gasteiger charge is 2.35. The van der Waals surface area contributed by atoms with E-state index >= 15 is 0 Å². The summed E-state index contributed by atoms with van der Waals surface area (Å²) in [6, 6.07) is 10.1. The van der Waals surface area contributed by atoms with E-state index in [0.29, 0.717) is 29.4 Å². The van der Waals surface area contributed by atoms with E-state index in [1.54, 1.807) is 49.1 Å². The SMILES string of the molecule is O=C(COc1cccnc1Cl)N1N=C(c2ccco2)CC1c1ccco1. The highest BCUT2D eigenvalue weighted by Crippen LogP contribution is 2.33. The first-order valence-corrected chi connectivity index (χ1v) is 8.30. The molecule has 1 unspecified atom stereocenters. The maximum Gasteiger partial charge on any atom is 0.281 e. The molecule has 0 N–H and O–H groups in total. The zero-order chi connectivity index (χ0) is 17.9. The molecule has 4 heterocycles. The number of carbonyl (C=O) groups is 1. The smallest absolute Gasteiger partial charge is 0.281 e. The quantitative estimate of drug-likeness (QED) is 0.639. The van der Waals surface area contributed by atoms with Gasteiger partial charge in [-0.25, -0.2) is 9.99 Å². The Labute approximate surface area is 153 Å². The zero-order valence-electron chi connectivity index (χ0n) is 13.5. The summed E-state index contributed by atoms with van der Waals surface area (Å²) in [6.07, 6.45) is 5.16. The lowest BCUT2D eigenvalue weighted by atomic mass is 10.1. The second-order valence-corrected chi connectivity index (χ2v) is 5.94. The first-order chi connectivity index (χ1) is 12.7. The van der Waals surface area contributed by atoms with Crippen LogP contribution in [0.3, 0.4) is 0 Å². The maximum atomic E-state index is 12.7. The molecular formula is C18H14ClN3O4. The molecule has 0 aromatic carbocycles. The highest BCUT2D eigenvalue weighted by molar-refractivity contribution is 6.30. The van der Waals surface area contributed by atoms with Crippen LogP contribution in [0.5, 0.6) is 5.75 Å². The number of hydrogen-bond acceptors (Lipinski definition) is 6. The van der Waals surface area contributed by atoms with Gasteiger partial charge < -0.3 is 13.6 Å². The largest absolute Gasteiger partial charge is 0.480 e. The lowest BCUT2D eigenvalue weighted by Crippen LogP contribution is -2.31. The second kappa shape index (κ2) is 7.05. The third-order valence-corrected chi connectivity index (χ3v) is 4.20. The molecule has 0 saturated heterocycles. The molecule has 8 heteroatoms. The molecule has 1 amide bonds. The summed E-state index contributed by atoms with van der Waals surface area (Å²) in [4.78, 5) is 16.6. The van der Waals surface area contributed by atoms with E-state index < -0.39 is 0 Å². The molecule has 132 valence electrons. The number of pyridine rings is 1. The Morgan fingerprint density at radius 1 is 1.23 bits per heavy atom. The Morgan fingerprint density at radius 2 is 2.08 bits per heavy atom. The molecule has 26 heavy (non-hydrogen) atoms. The van der Waals surface area contributed by atoms with Gasteiger partial charge in [0.05, 0.1) is 12.5 Å². The van der Waals surface area contributed by atoms with Crippen molar-refractivity contribution in [2.45, 2.75) is 12.5 Å². The number of aromatic nitrogens is 1. The highest BCUT2D eigenvalue weighted by atomic mass is 35.5. The van der Waals surface area contributed by atoms with Gasteiger partial charge in [-0.05, 0) is 36.4 Å². The molecule has 3 aromatic rings. The predicted octanol–water partition coefficient (Wildman–Crippen LogP) is 3.68. The van der Waals surface area contributed by atoms with Gasteiger partial charge in [0.25, 0.3) is 5.91 Å². The molecule has 4 rings (SSSR count). The second-order valence-electron chi connectivity index (χ2n) is 5.58. The summed E-state index contributed by atoms with van der Waals surface area (Å²) in [5, 5.41) is 5.98. The van der Waals surface area contributed by atoms with E-state index in [0.717, 1.165) is 0 Å². The maximum absolute atomic E-state index is 12.7. The number of halogens is 1. The molecule has 0 fully saturated rings. The fourth-order valence-electron chi connectivity index (χ4n) is 2.72. The molecule has 0 saturated carbocycles. The monoisotopic (exact) mass is 371 g/mol. The fourth-order valence-corrected chi connectivity index (χ4v) is 2.89. The van der Waals surface area contributed by atoms with Crippen LogP contribution in [0.25, 0.3) is 0 Å². The Bertz CT molecular complexity index is 922. The lowest BCUT2D eigenvalue weighted by molar-refractivity contribution is -0.135. The van der Waals surface area contributed by atoms with Gasteiger partial charge >= 0.3 is 0 Å². The van der Waals surface area contributed by atoms with Crippen molar-refractivity contribution < 1.29 is 18.4 Å². The summed E-state index contributed by atoms with van der Waals surface area (Å²) >= 11 is 5.95. The van der Waals surface area contributed by atoms with Crippen molar-refractivity contribution in [3.63, 3.8) is 0 Å². The molecule has 1 atom stereocenters. The van der Waals surface area contributed by atoms with Crippen molar-refractivity contribution in [1.29, 1.82) is 0 Å². The summed E-state index contributed by atoms with van der Waals surface area (Å²) < 4.78 is 16.4. The van der Waals surface area contributed by atoms with Crippen LogP contribution < -0.4 is 4.74 Å². The van der Waals surface area contributed by atoms with E-state index in [1.807, 2.05) is 6.07 Å². The Balaban J connectivity index is 1.54. The third-order valence-electron chi connectivity index (χ3n) is 3.92. The molecule has 1 aliphatic rings. The van der Waals surface area contributed by atoms with Gasteiger partial charge in [-0.15, -0.1) is 0 Å². The molecule has 0 radical (unpaired) electrons. The number of hydrogen-bond donors (Lipinski definition) is 0. The van der Waals surface area contributed by atoms with Crippen LogP contribution >= 0.6 is 11.6 Å². The van der Waals surface area contributed by atoms with Crippen LogP contribution in [0, 0.1) is 0 Å². The van der Waals surface area contributed by atoms with Crippen molar-refractivity contribution in [2.75, 3.05) is 6.61 Å². The molecular weight excluding hydrogens is 358 g/mol. The minimum atomic E-state index is -0.356. The number of hydrazone groups is 1. The summed E-state index contributed by atoms with van der Waals surface area (Å²) in [5.41, 5.74) is 0.671. The number of nitrogens with zero attached hydrogens (tertiary/aromatic N) is 3. The van der Waals surface area contributed by atoms with Crippen LogP contribution in [0.2, 0.25) is 5.15 Å². The van der Waals surface area contributed by atoms with Gasteiger partial charge in [0.15, 0.2) is 17.5 Å². The van der Waals surface area contributed by atoms with Crippen molar-refractivity contribution in [2.24, 2.45) is 5.10 Å². The average molecular weight is 372 g/mol. The van der Waals surface area contributed by atoms with Crippen molar-refractivity contribution in [1.82, 2.24) is 9.99 Å². The summed E-state index contributed by atoms with van der Waals surface area (Å²) in [7, 11) is 0. The molecule has 3 aromatic heterocycles. The number of ether oxygens (including phenoxy) is 1. The molecule has 7 nitrogen and oxygen atoms in total. The first-order valence-electron chi connectivity index (χ1n) is 7.92. The van der Waals surface area contributed by atoms with Crippen molar-refractivity contribution in [3.8, 4) is 5.75 Å². The first kappa shape index (κ1) is 16.4. The van der Waals surface area contributed by atoms with Crippen LogP contribution in [0.1, 0.15) is 24.0 Å². The van der Waals surface area contributed by atoms with E-state index in [4.69, 9.17) is 25.2 Å². The van der Waals surface area contributed by atoms with E-state index in [9.17, 15) is 4.79 Å². The normalized spacial score (nSPS) is 16.6. The van der Waals surface area contributed by atoms with Gasteiger partial charge in [0.1, 0.15) is 23.3 Å². The van der Waals surface area contributed by atoms with Crippen molar-refractivity contribution >= 4 is 23.2 Å². The summed E-state index contributed by atoms with van der Waals surface area (Å²) in [6.45, 7) is -0.225. The topological polar surface area (TPSA) is 81.1 Å². The third kappa shape index (κ3) is 3.21. The minimum absolute atomic E-state index is 0.198. The standard InChI is InChI=1S/C18H14ClN3O4/c19-18-16(4-1-7-20-18)26-11-17(23)22-13(15-6-3-9-25-15)10-12(21-22)14-5-2-8-24-14/h1-9,13H,10-11H2. The van der Waals surface area contributed by atoms with Crippen molar-refractivity contribution in [3.05, 3.63) is 71.8 Å². The zero-order valence-corrected chi connectivity index (χ0v) is 14.3. The Morgan fingerprint density at radius 3 is 2.81 bits per heavy atom. The average Bonchev–Trinajstić information content (AvgIpc) is 3.41. The molecule has 1 aliphatic heterocycles. The van der Waals surface area contributed by atoms with Gasteiger partial charge in [-0.1, -0.05) is 11.6 Å². The Kier molecular flexibility index (Phi) is 4.45. The Hall–Kier alpha value is -3.06. The van der Waals surface area contributed by atoms with Gasteiger partial charge in [-0.3, -0.25) is 4.79 Å². The van der Waals surface area contributed by atoms with Crippen LogP contribution in [0.15, 0.2) is 69.1 Å². The van der Waals surface area contributed by atoms with E-state index in [2.05, 4.69) is 10.1 Å². The van der Waals surface area contributed by atoms with Crippen LogP contribution in [-0.4, -0.2) is 28.2 Å². The molecule has 0 aliphatic carbocycles. The minimum Gasteiger partial charge on any atom is -0.480 e. The number of amides is 1. The van der Waals surface area contributed by atoms with E-state index in [-0.39, 0.29) is 23.7 Å². The van der Waals surface area contributed by atoms with Crippen LogP contribution in [0.4, 0.5) is 0 Å². The predicted molar refractivity (Wildman–Crippen MR) is 92.9 cm³/mol. The summed E-state index contributed by atoms with van der Waals surface area (Å²) in [5.74, 6) is 1.27.